The fourth-order valence-corrected chi connectivity index (χ4v) is 3.10. The number of guanidine groups is 1. The highest BCUT2D eigenvalue weighted by Crippen LogP contribution is 2.09. The molecular weight excluding hydrogens is 340 g/mol. The molecule has 1 unspecified atom stereocenters. The van der Waals surface area contributed by atoms with Crippen LogP contribution < -0.4 is 15.5 Å². The lowest BCUT2D eigenvalue weighted by Gasteiger charge is -2.34. The summed E-state index contributed by atoms with van der Waals surface area (Å²) in [6, 6.07) is 6.03. The van der Waals surface area contributed by atoms with Crippen LogP contribution in [-0.2, 0) is 11.3 Å². The lowest BCUT2D eigenvalue weighted by Crippen LogP contribution is -2.50. The highest BCUT2D eigenvalue weighted by molar-refractivity contribution is 5.79. The third-order valence-electron chi connectivity index (χ3n) is 4.34. The minimum atomic E-state index is 0.191. The predicted octanol–water partition coefficient (Wildman–Crippen LogP) is 1.56. The van der Waals surface area contributed by atoms with Gasteiger partial charge in [-0.05, 0) is 25.0 Å². The first kappa shape index (κ1) is 21.4. The smallest absolute Gasteiger partial charge is 0.191 e. The van der Waals surface area contributed by atoms with E-state index < -0.39 is 0 Å². The van der Waals surface area contributed by atoms with E-state index in [1.54, 1.807) is 0 Å². The number of nitrogens with one attached hydrogen (secondary N) is 2. The maximum atomic E-state index is 5.92. The quantitative estimate of drug-likeness (QED) is 0.530. The summed E-state index contributed by atoms with van der Waals surface area (Å²) < 4.78 is 5.92. The Kier molecular flexibility index (Phi) is 8.81. The minimum absolute atomic E-state index is 0.191. The van der Waals surface area contributed by atoms with Gasteiger partial charge in [0.25, 0.3) is 0 Å². The topological polar surface area (TPSA) is 65.0 Å². The van der Waals surface area contributed by atoms with Crippen molar-refractivity contribution < 1.29 is 4.74 Å². The molecule has 0 amide bonds. The molecule has 2 heterocycles. The van der Waals surface area contributed by atoms with Gasteiger partial charge in [0.2, 0.25) is 0 Å². The molecule has 0 aliphatic carbocycles. The van der Waals surface area contributed by atoms with E-state index in [-0.39, 0.29) is 6.10 Å². The van der Waals surface area contributed by atoms with Crippen LogP contribution >= 0.6 is 0 Å². The molecule has 152 valence electrons. The fraction of sp³-hybridized carbons (Fsp3) is 0.700. The van der Waals surface area contributed by atoms with Crippen LogP contribution in [0.15, 0.2) is 23.2 Å². The van der Waals surface area contributed by atoms with Crippen molar-refractivity contribution in [3.63, 3.8) is 0 Å². The zero-order valence-corrected chi connectivity index (χ0v) is 17.5. The maximum Gasteiger partial charge on any atom is 0.191 e. The average Bonchev–Trinajstić information content (AvgIpc) is 2.64. The Labute approximate surface area is 164 Å². The molecular formula is C20H36N6O. The molecule has 1 atom stereocenters. The first-order chi connectivity index (χ1) is 13.0. The molecule has 0 bridgehead atoms. The summed E-state index contributed by atoms with van der Waals surface area (Å²) >= 11 is 0. The highest BCUT2D eigenvalue weighted by atomic mass is 16.5. The van der Waals surface area contributed by atoms with E-state index in [1.807, 2.05) is 37.2 Å². The summed E-state index contributed by atoms with van der Waals surface area (Å²) in [6.07, 6.45) is 0.191. The minimum Gasteiger partial charge on any atom is -0.374 e. The molecule has 1 saturated heterocycles. The van der Waals surface area contributed by atoms with Crippen molar-refractivity contribution in [3.8, 4) is 0 Å². The van der Waals surface area contributed by atoms with Gasteiger partial charge >= 0.3 is 0 Å². The second-order valence-electron chi connectivity index (χ2n) is 7.60. The molecule has 2 N–H and O–H groups in total. The van der Waals surface area contributed by atoms with Crippen molar-refractivity contribution in [2.24, 2.45) is 10.9 Å². The molecule has 0 radical (unpaired) electrons. The highest BCUT2D eigenvalue weighted by Gasteiger charge is 2.21. The molecule has 1 aliphatic heterocycles. The monoisotopic (exact) mass is 376 g/mol. The summed E-state index contributed by atoms with van der Waals surface area (Å²) in [4.78, 5) is 13.8. The van der Waals surface area contributed by atoms with Crippen LogP contribution in [-0.4, -0.2) is 75.4 Å². The van der Waals surface area contributed by atoms with E-state index >= 15 is 0 Å². The Bertz CT molecular complexity index is 590. The maximum absolute atomic E-state index is 5.92. The lowest BCUT2D eigenvalue weighted by atomic mass is 10.2. The van der Waals surface area contributed by atoms with Gasteiger partial charge in [-0.25, -0.2) is 9.98 Å². The van der Waals surface area contributed by atoms with Gasteiger partial charge in [0.05, 0.1) is 24.9 Å². The first-order valence-electron chi connectivity index (χ1n) is 9.97. The van der Waals surface area contributed by atoms with Crippen LogP contribution in [0.5, 0.6) is 0 Å². The second kappa shape index (κ2) is 11.1. The number of morpholine rings is 1. The van der Waals surface area contributed by atoms with Gasteiger partial charge in [-0.15, -0.1) is 0 Å². The van der Waals surface area contributed by atoms with E-state index in [2.05, 4.69) is 46.3 Å². The Morgan fingerprint density at radius 3 is 2.89 bits per heavy atom. The van der Waals surface area contributed by atoms with Crippen molar-refractivity contribution >= 4 is 11.8 Å². The van der Waals surface area contributed by atoms with Crippen LogP contribution in [0.4, 0.5) is 5.82 Å². The molecule has 1 aromatic rings. The third kappa shape index (κ3) is 7.72. The number of aromatic nitrogens is 1. The van der Waals surface area contributed by atoms with Crippen molar-refractivity contribution in [2.45, 2.75) is 33.4 Å². The SMILES string of the molecule is CCNC(=NCc1cccc(N(C)C)n1)NCC1CN(CC(C)C)CCO1. The Morgan fingerprint density at radius 1 is 1.37 bits per heavy atom. The molecule has 1 fully saturated rings. The molecule has 0 spiro atoms. The van der Waals surface area contributed by atoms with Gasteiger partial charge in [-0.1, -0.05) is 19.9 Å². The first-order valence-corrected chi connectivity index (χ1v) is 9.97. The van der Waals surface area contributed by atoms with Crippen LogP contribution in [0.1, 0.15) is 26.5 Å². The van der Waals surface area contributed by atoms with Crippen molar-refractivity contribution in [1.82, 2.24) is 20.5 Å². The van der Waals surface area contributed by atoms with E-state index in [1.165, 1.54) is 0 Å². The van der Waals surface area contributed by atoms with E-state index in [0.29, 0.717) is 12.5 Å². The lowest BCUT2D eigenvalue weighted by molar-refractivity contribution is -0.0284. The number of rotatable bonds is 8. The van der Waals surface area contributed by atoms with Gasteiger partial charge in [0.15, 0.2) is 5.96 Å². The predicted molar refractivity (Wildman–Crippen MR) is 112 cm³/mol. The standard InChI is InChI=1S/C20H36N6O/c1-6-21-20(22-12-17-8-7-9-19(24-17)25(4)5)23-13-18-15-26(10-11-27-18)14-16(2)3/h7-9,16,18H,6,10-15H2,1-5H3,(H2,21,22,23). The van der Waals surface area contributed by atoms with Crippen molar-refractivity contribution in [1.29, 1.82) is 0 Å². The number of ether oxygens (including phenoxy) is 1. The number of pyridine rings is 1. The summed E-state index contributed by atoms with van der Waals surface area (Å²) in [6.45, 7) is 12.6. The zero-order valence-electron chi connectivity index (χ0n) is 17.5. The Morgan fingerprint density at radius 2 is 2.19 bits per heavy atom. The van der Waals surface area contributed by atoms with Crippen molar-refractivity contribution in [3.05, 3.63) is 23.9 Å². The normalized spacial score (nSPS) is 18.6. The number of hydrogen-bond donors (Lipinski definition) is 2. The van der Waals surface area contributed by atoms with E-state index in [4.69, 9.17) is 4.74 Å². The Balaban J connectivity index is 1.89. The molecule has 7 heteroatoms. The molecule has 27 heavy (non-hydrogen) atoms. The van der Waals surface area contributed by atoms with Gasteiger partial charge in [-0.2, -0.15) is 0 Å². The number of anilines is 1. The molecule has 1 aliphatic rings. The average molecular weight is 377 g/mol. The van der Waals surface area contributed by atoms with Crippen LogP contribution in [0.3, 0.4) is 0 Å². The van der Waals surface area contributed by atoms with Gasteiger partial charge < -0.3 is 20.3 Å². The molecule has 0 aromatic carbocycles. The zero-order chi connectivity index (χ0) is 19.6. The number of nitrogens with zero attached hydrogens (tertiary/aromatic N) is 4. The van der Waals surface area contributed by atoms with Crippen LogP contribution in [0.2, 0.25) is 0 Å². The van der Waals surface area contributed by atoms with E-state index in [0.717, 1.165) is 56.8 Å². The summed E-state index contributed by atoms with van der Waals surface area (Å²) in [5.41, 5.74) is 0.954. The molecule has 2 rings (SSSR count). The summed E-state index contributed by atoms with van der Waals surface area (Å²) in [7, 11) is 3.99. The third-order valence-corrected chi connectivity index (χ3v) is 4.34. The summed E-state index contributed by atoms with van der Waals surface area (Å²) in [5, 5.41) is 6.73. The largest absolute Gasteiger partial charge is 0.374 e. The molecule has 0 saturated carbocycles. The van der Waals surface area contributed by atoms with Crippen LogP contribution in [0, 0.1) is 5.92 Å². The van der Waals surface area contributed by atoms with Gasteiger partial charge in [0, 0.05) is 46.8 Å². The van der Waals surface area contributed by atoms with Crippen molar-refractivity contribution in [2.75, 3.05) is 58.3 Å². The number of hydrogen-bond acceptors (Lipinski definition) is 5. The second-order valence-corrected chi connectivity index (χ2v) is 7.60. The van der Waals surface area contributed by atoms with Gasteiger partial charge in [0.1, 0.15) is 5.82 Å². The van der Waals surface area contributed by atoms with E-state index in [9.17, 15) is 0 Å². The summed E-state index contributed by atoms with van der Waals surface area (Å²) in [5.74, 6) is 2.43. The Hall–Kier alpha value is -1.86. The molecule has 7 nitrogen and oxygen atoms in total. The van der Waals surface area contributed by atoms with Crippen LogP contribution in [0.25, 0.3) is 0 Å². The molecule has 1 aromatic heterocycles. The fourth-order valence-electron chi connectivity index (χ4n) is 3.10. The number of aliphatic imine (C=N–C) groups is 1. The van der Waals surface area contributed by atoms with Gasteiger partial charge in [-0.3, -0.25) is 4.90 Å².